The van der Waals surface area contributed by atoms with Crippen LogP contribution < -0.4 is 8.92 Å². The molecule has 0 unspecified atom stereocenters. The summed E-state index contributed by atoms with van der Waals surface area (Å²) in [6.07, 6.45) is 1.10. The number of rotatable bonds is 6. The number of aryl methyl sites for hydroxylation is 1. The van der Waals surface area contributed by atoms with Crippen molar-refractivity contribution in [1.29, 1.82) is 0 Å². The summed E-state index contributed by atoms with van der Waals surface area (Å²) in [5.74, 6) is -0.00530. The Kier molecular flexibility index (Phi) is 4.69. The maximum Gasteiger partial charge on any atom is 0.309 e. The summed E-state index contributed by atoms with van der Waals surface area (Å²) < 4.78 is 58.1. The second kappa shape index (κ2) is 6.05. The topological polar surface area (TPSA) is 90.0 Å². The molecule has 0 N–H and O–H groups in total. The standard InChI is InChI=1S/C13H19NO6S2/c1-10-4-5-12(13(6-10)19-2)20-22(17,18)9-11-7-14(8-11)21(3,15)16/h4-6,11H,7-9H2,1-3H3. The molecule has 2 rings (SSSR count). The molecule has 1 aliphatic heterocycles. The van der Waals surface area contributed by atoms with E-state index in [0.717, 1.165) is 11.8 Å². The van der Waals surface area contributed by atoms with Gasteiger partial charge in [0.15, 0.2) is 11.5 Å². The van der Waals surface area contributed by atoms with E-state index in [0.29, 0.717) is 5.75 Å². The lowest BCUT2D eigenvalue weighted by Gasteiger charge is -2.36. The first-order valence-electron chi connectivity index (χ1n) is 6.62. The monoisotopic (exact) mass is 349 g/mol. The SMILES string of the molecule is COc1cc(C)ccc1OS(=O)(=O)CC1CN(S(C)(=O)=O)C1. The van der Waals surface area contributed by atoms with Gasteiger partial charge in [0, 0.05) is 19.0 Å². The summed E-state index contributed by atoms with van der Waals surface area (Å²) in [5, 5.41) is 0. The van der Waals surface area contributed by atoms with Crippen LogP contribution in [0.5, 0.6) is 11.5 Å². The number of sulfonamides is 1. The highest BCUT2D eigenvalue weighted by Crippen LogP contribution is 2.30. The number of nitrogens with zero attached hydrogens (tertiary/aromatic N) is 1. The van der Waals surface area contributed by atoms with Crippen molar-refractivity contribution >= 4 is 20.1 Å². The lowest BCUT2D eigenvalue weighted by Crippen LogP contribution is -2.52. The summed E-state index contributed by atoms with van der Waals surface area (Å²) in [6, 6.07) is 4.94. The summed E-state index contributed by atoms with van der Waals surface area (Å²) in [6.45, 7) is 2.26. The molecule has 1 aromatic rings. The van der Waals surface area contributed by atoms with E-state index in [-0.39, 0.29) is 30.5 Å². The molecule has 1 fully saturated rings. The van der Waals surface area contributed by atoms with Gasteiger partial charge in [-0.25, -0.2) is 12.7 Å². The minimum absolute atomic E-state index is 0.132. The summed E-state index contributed by atoms with van der Waals surface area (Å²) >= 11 is 0. The Bertz CT molecular complexity index is 751. The number of methoxy groups -OCH3 is 1. The molecule has 1 heterocycles. The highest BCUT2D eigenvalue weighted by molar-refractivity contribution is 7.88. The number of hydrogen-bond donors (Lipinski definition) is 0. The fourth-order valence-corrected chi connectivity index (χ4v) is 4.43. The Hall–Kier alpha value is -1.32. The van der Waals surface area contributed by atoms with Crippen LogP contribution in [0.1, 0.15) is 5.56 Å². The van der Waals surface area contributed by atoms with Crippen molar-refractivity contribution in [3.8, 4) is 11.5 Å². The maximum atomic E-state index is 12.1. The van der Waals surface area contributed by atoms with Gasteiger partial charge in [-0.1, -0.05) is 6.07 Å². The van der Waals surface area contributed by atoms with Gasteiger partial charge in [0.2, 0.25) is 10.0 Å². The van der Waals surface area contributed by atoms with Crippen LogP contribution in [0.25, 0.3) is 0 Å². The van der Waals surface area contributed by atoms with Gasteiger partial charge in [-0.2, -0.15) is 8.42 Å². The quantitative estimate of drug-likeness (QED) is 0.699. The molecule has 0 bridgehead atoms. The Morgan fingerprint density at radius 3 is 2.36 bits per heavy atom. The second-order valence-corrected chi connectivity index (χ2v) is 9.01. The van der Waals surface area contributed by atoms with E-state index in [1.807, 2.05) is 6.92 Å². The molecule has 0 aromatic heterocycles. The van der Waals surface area contributed by atoms with Crippen LogP contribution in [-0.4, -0.2) is 53.3 Å². The van der Waals surface area contributed by atoms with Gasteiger partial charge < -0.3 is 8.92 Å². The average molecular weight is 349 g/mol. The van der Waals surface area contributed by atoms with Gasteiger partial charge in [-0.3, -0.25) is 0 Å². The molecule has 1 saturated heterocycles. The maximum absolute atomic E-state index is 12.1. The summed E-state index contributed by atoms with van der Waals surface area (Å²) in [5.41, 5.74) is 0.921. The normalized spacial score (nSPS) is 17.0. The van der Waals surface area contributed by atoms with E-state index in [1.165, 1.54) is 17.5 Å². The summed E-state index contributed by atoms with van der Waals surface area (Å²) in [7, 11) is -5.63. The van der Waals surface area contributed by atoms with Gasteiger partial charge >= 0.3 is 10.1 Å². The van der Waals surface area contributed by atoms with Crippen molar-refractivity contribution in [2.24, 2.45) is 5.92 Å². The van der Waals surface area contributed by atoms with Crippen molar-refractivity contribution in [2.45, 2.75) is 6.92 Å². The first-order chi connectivity index (χ1) is 10.1. The zero-order chi connectivity index (χ0) is 16.5. The van der Waals surface area contributed by atoms with Gasteiger partial charge in [-0.05, 0) is 24.6 Å². The molecule has 0 atom stereocenters. The predicted octanol–water partition coefficient (Wildman–Crippen LogP) is 0.604. The van der Waals surface area contributed by atoms with Gasteiger partial charge in [0.25, 0.3) is 0 Å². The summed E-state index contributed by atoms with van der Waals surface area (Å²) in [4.78, 5) is 0. The molecular formula is C13H19NO6S2. The first-order valence-corrected chi connectivity index (χ1v) is 10.1. The van der Waals surface area contributed by atoms with Gasteiger partial charge in [-0.15, -0.1) is 0 Å². The number of benzene rings is 1. The first kappa shape index (κ1) is 17.0. The van der Waals surface area contributed by atoms with Gasteiger partial charge in [0.05, 0.1) is 19.1 Å². The van der Waals surface area contributed by atoms with E-state index >= 15 is 0 Å². The third-order valence-electron chi connectivity index (χ3n) is 3.37. The lowest BCUT2D eigenvalue weighted by atomic mass is 10.1. The zero-order valence-corrected chi connectivity index (χ0v) is 14.3. The van der Waals surface area contributed by atoms with E-state index in [1.54, 1.807) is 12.1 Å². The van der Waals surface area contributed by atoms with Crippen molar-refractivity contribution in [2.75, 3.05) is 32.2 Å². The Morgan fingerprint density at radius 2 is 1.82 bits per heavy atom. The molecule has 0 saturated carbocycles. The Labute approximate surface area is 131 Å². The molecule has 0 spiro atoms. The van der Waals surface area contributed by atoms with E-state index < -0.39 is 20.1 Å². The average Bonchev–Trinajstić information content (AvgIpc) is 2.34. The van der Waals surface area contributed by atoms with Crippen LogP contribution >= 0.6 is 0 Å². The van der Waals surface area contributed by atoms with Gasteiger partial charge in [0.1, 0.15) is 0 Å². The van der Waals surface area contributed by atoms with Crippen LogP contribution in [0.4, 0.5) is 0 Å². The van der Waals surface area contributed by atoms with Crippen LogP contribution in [0.3, 0.4) is 0 Å². The molecule has 1 aromatic carbocycles. The van der Waals surface area contributed by atoms with E-state index in [2.05, 4.69) is 0 Å². The second-order valence-electron chi connectivity index (χ2n) is 5.41. The van der Waals surface area contributed by atoms with Crippen LogP contribution in [0.15, 0.2) is 18.2 Å². The largest absolute Gasteiger partial charge is 0.493 e. The highest BCUT2D eigenvalue weighted by Gasteiger charge is 2.36. The number of hydrogen-bond acceptors (Lipinski definition) is 6. The number of ether oxygens (including phenoxy) is 1. The molecule has 0 aliphatic carbocycles. The molecule has 0 radical (unpaired) electrons. The van der Waals surface area contributed by atoms with Crippen molar-refractivity contribution in [3.05, 3.63) is 23.8 Å². The fraction of sp³-hybridized carbons (Fsp3) is 0.538. The van der Waals surface area contributed by atoms with E-state index in [9.17, 15) is 16.8 Å². The van der Waals surface area contributed by atoms with Crippen molar-refractivity contribution in [1.82, 2.24) is 4.31 Å². The molecule has 22 heavy (non-hydrogen) atoms. The predicted molar refractivity (Wildman–Crippen MR) is 82.1 cm³/mol. The van der Waals surface area contributed by atoms with Crippen molar-refractivity contribution < 1.29 is 25.8 Å². The zero-order valence-electron chi connectivity index (χ0n) is 12.6. The molecular weight excluding hydrogens is 330 g/mol. The molecule has 9 heteroatoms. The minimum Gasteiger partial charge on any atom is -0.493 e. The molecule has 7 nitrogen and oxygen atoms in total. The van der Waals surface area contributed by atoms with Crippen LogP contribution in [-0.2, 0) is 20.1 Å². The Morgan fingerprint density at radius 1 is 1.18 bits per heavy atom. The van der Waals surface area contributed by atoms with Crippen LogP contribution in [0, 0.1) is 12.8 Å². The van der Waals surface area contributed by atoms with Crippen LogP contribution in [0.2, 0.25) is 0 Å². The highest BCUT2D eigenvalue weighted by atomic mass is 32.2. The molecule has 0 amide bonds. The van der Waals surface area contributed by atoms with Crippen molar-refractivity contribution in [3.63, 3.8) is 0 Å². The van der Waals surface area contributed by atoms with E-state index in [4.69, 9.17) is 8.92 Å². The fourth-order valence-electron chi connectivity index (χ4n) is 2.20. The minimum atomic E-state index is -3.81. The molecule has 124 valence electrons. The smallest absolute Gasteiger partial charge is 0.309 e. The third-order valence-corrected chi connectivity index (χ3v) is 5.92. The third kappa shape index (κ3) is 4.11. The Balaban J connectivity index is 2.01. The lowest BCUT2D eigenvalue weighted by molar-refractivity contribution is 0.219. The molecule has 1 aliphatic rings.